The highest BCUT2D eigenvalue weighted by Gasteiger charge is 2.27. The maximum absolute atomic E-state index is 5.64. The van der Waals surface area contributed by atoms with Crippen molar-refractivity contribution in [2.24, 2.45) is 0 Å². The monoisotopic (exact) mass is 787 g/mol. The molecule has 3 unspecified atom stereocenters. The fourth-order valence-electron chi connectivity index (χ4n) is 8.89. The quantitative estimate of drug-likeness (QED) is 0.146. The molecule has 3 N–H and O–H groups in total. The molecule has 0 radical (unpaired) electrons. The second kappa shape index (κ2) is 24.4. The summed E-state index contributed by atoms with van der Waals surface area (Å²) >= 11 is 0. The Labute approximate surface area is 346 Å². The lowest BCUT2D eigenvalue weighted by Gasteiger charge is -2.34. The zero-order valence-electron chi connectivity index (χ0n) is 37.4. The molecule has 0 aromatic carbocycles. The first-order chi connectivity index (χ1) is 27.7. The first kappa shape index (κ1) is 46.2. The van der Waals surface area contributed by atoms with Crippen molar-refractivity contribution in [2.75, 3.05) is 76.4 Å². The van der Waals surface area contributed by atoms with Crippen molar-refractivity contribution in [3.8, 4) is 0 Å². The van der Waals surface area contributed by atoms with Gasteiger partial charge in [-0.25, -0.2) is 29.9 Å². The van der Waals surface area contributed by atoms with Crippen LogP contribution in [0.4, 0.5) is 17.8 Å². The molecular formula is C45H78N12. The molecule has 0 amide bonds. The van der Waals surface area contributed by atoms with Gasteiger partial charge in [-0.05, 0) is 152 Å². The van der Waals surface area contributed by atoms with Crippen LogP contribution in [0.1, 0.15) is 133 Å². The van der Waals surface area contributed by atoms with Crippen LogP contribution >= 0.6 is 0 Å². The van der Waals surface area contributed by atoms with Gasteiger partial charge in [0.25, 0.3) is 0 Å². The maximum atomic E-state index is 5.64. The summed E-state index contributed by atoms with van der Waals surface area (Å²) in [6, 6.07) is 2.01. The number of aromatic nitrogens is 6. The van der Waals surface area contributed by atoms with E-state index in [4.69, 9.17) is 10.7 Å². The smallest absolute Gasteiger partial charge is 0.224 e. The minimum atomic E-state index is 0.408. The number of rotatable bonds is 17. The maximum Gasteiger partial charge on any atom is 0.224 e. The van der Waals surface area contributed by atoms with Crippen molar-refractivity contribution < 1.29 is 0 Å². The van der Waals surface area contributed by atoms with E-state index in [1.165, 1.54) is 125 Å². The second-order valence-electron chi connectivity index (χ2n) is 16.4. The molecule has 3 aromatic heterocycles. The van der Waals surface area contributed by atoms with Crippen LogP contribution in [0.3, 0.4) is 0 Å². The van der Waals surface area contributed by atoms with E-state index in [1.54, 1.807) is 0 Å². The third-order valence-corrected chi connectivity index (χ3v) is 11.6. The predicted octanol–water partition coefficient (Wildman–Crippen LogP) is 7.06. The van der Waals surface area contributed by atoms with Gasteiger partial charge in [0.1, 0.15) is 0 Å². The molecule has 3 atom stereocenters. The van der Waals surface area contributed by atoms with Crippen molar-refractivity contribution >= 4 is 17.8 Å². The molecule has 3 aliphatic carbocycles. The zero-order valence-corrected chi connectivity index (χ0v) is 37.4. The van der Waals surface area contributed by atoms with E-state index in [1.807, 2.05) is 44.6 Å². The molecule has 0 saturated carbocycles. The largest absolute Gasteiger partial charge is 0.368 e. The molecule has 6 rings (SSSR count). The average Bonchev–Trinajstić information content (AvgIpc) is 3.23. The van der Waals surface area contributed by atoms with Crippen molar-refractivity contribution in [3.05, 3.63) is 52.4 Å². The van der Waals surface area contributed by atoms with Crippen LogP contribution < -0.4 is 16.0 Å². The van der Waals surface area contributed by atoms with Crippen LogP contribution in [0.2, 0.25) is 0 Å². The molecule has 0 spiro atoms. The standard InChI is InChI=1S/C16H28N4.C15H26N4.C14H24N4/c1-5-9-20(10-6-2)14-7-8-15-13(11-14)12-17-16(18-15)19(3)4;1-4-8-19(9-5-2)13-6-7-14-12(10-13)11-17-15(16-3)18-14;1-3-7-18(8-4-2)12-5-6-13-11(9-12)10-16-14(15)17-13/h12,14H,5-11H2,1-4H3;11,13H,4-10H2,1-3H3,(H,16,17,18);10,12H,3-9H2,1-2H3,(H2,15,16,17). The topological polar surface area (TPSA) is 128 Å². The van der Waals surface area contributed by atoms with Crippen LogP contribution in [0.25, 0.3) is 0 Å². The number of nitrogens with zero attached hydrogens (tertiary/aromatic N) is 10. The third kappa shape index (κ3) is 13.8. The summed E-state index contributed by atoms with van der Waals surface area (Å²) in [7, 11) is 5.87. The summed E-state index contributed by atoms with van der Waals surface area (Å²) in [6.45, 7) is 20.8. The van der Waals surface area contributed by atoms with Gasteiger partial charge in [-0.2, -0.15) is 0 Å². The van der Waals surface area contributed by atoms with Crippen LogP contribution in [0.5, 0.6) is 0 Å². The SMILES string of the molecule is CCCN(CCC)C1CCc2nc(N(C)C)ncc2C1.CCCN(CCC)C1CCc2nc(N)ncc2C1.CCCN(CCC)C1CCc2nc(NC)ncc2C1. The number of nitrogen functional groups attached to an aromatic ring is 1. The third-order valence-electron chi connectivity index (χ3n) is 11.6. The van der Waals surface area contributed by atoms with Crippen LogP contribution in [0.15, 0.2) is 18.6 Å². The first-order valence-electron chi connectivity index (χ1n) is 22.5. The summed E-state index contributed by atoms with van der Waals surface area (Å²) < 4.78 is 0. The van der Waals surface area contributed by atoms with Gasteiger partial charge < -0.3 is 30.7 Å². The number of hydrogen-bond acceptors (Lipinski definition) is 12. The molecule has 0 aliphatic heterocycles. The van der Waals surface area contributed by atoms with Crippen LogP contribution in [-0.2, 0) is 38.5 Å². The molecule has 57 heavy (non-hydrogen) atoms. The van der Waals surface area contributed by atoms with E-state index in [-0.39, 0.29) is 0 Å². The van der Waals surface area contributed by atoms with Gasteiger partial charge in [-0.15, -0.1) is 0 Å². The van der Waals surface area contributed by atoms with Gasteiger partial charge in [0, 0.05) is 74.9 Å². The molecule has 12 heteroatoms. The van der Waals surface area contributed by atoms with Crippen molar-refractivity contribution in [2.45, 2.75) is 156 Å². The molecule has 0 saturated heterocycles. The van der Waals surface area contributed by atoms with E-state index in [2.05, 4.69) is 86.5 Å². The van der Waals surface area contributed by atoms with E-state index in [0.29, 0.717) is 24.1 Å². The number of nitrogens with one attached hydrogen (secondary N) is 1. The Morgan fingerprint density at radius 2 is 0.912 bits per heavy atom. The molecule has 3 aromatic rings. The fourth-order valence-corrected chi connectivity index (χ4v) is 8.89. The van der Waals surface area contributed by atoms with E-state index in [0.717, 1.165) is 56.1 Å². The highest BCUT2D eigenvalue weighted by atomic mass is 15.2. The Morgan fingerprint density at radius 3 is 1.30 bits per heavy atom. The van der Waals surface area contributed by atoms with Crippen molar-refractivity contribution in [3.63, 3.8) is 0 Å². The number of aryl methyl sites for hydroxylation is 3. The highest BCUT2D eigenvalue weighted by Crippen LogP contribution is 2.26. The summed E-state index contributed by atoms with van der Waals surface area (Å²) in [4.78, 5) is 36.5. The van der Waals surface area contributed by atoms with E-state index >= 15 is 0 Å². The Hall–Kier alpha value is -3.48. The average molecular weight is 787 g/mol. The van der Waals surface area contributed by atoms with Gasteiger partial charge in [0.2, 0.25) is 17.8 Å². The number of fused-ring (bicyclic) bond motifs is 3. The van der Waals surface area contributed by atoms with Crippen LogP contribution in [-0.4, -0.2) is 123 Å². The van der Waals surface area contributed by atoms with E-state index < -0.39 is 0 Å². The first-order valence-corrected chi connectivity index (χ1v) is 22.5. The number of nitrogens with two attached hydrogens (primary N) is 1. The minimum absolute atomic E-state index is 0.408. The molecule has 0 fully saturated rings. The van der Waals surface area contributed by atoms with Crippen molar-refractivity contribution in [1.82, 2.24) is 44.6 Å². The fraction of sp³-hybridized carbons (Fsp3) is 0.733. The number of hydrogen-bond donors (Lipinski definition) is 2. The lowest BCUT2D eigenvalue weighted by molar-refractivity contribution is 0.179. The highest BCUT2D eigenvalue weighted by molar-refractivity contribution is 5.33. The summed E-state index contributed by atoms with van der Waals surface area (Å²) in [5.74, 6) is 1.99. The van der Waals surface area contributed by atoms with Crippen LogP contribution in [0, 0.1) is 0 Å². The molecule has 12 nitrogen and oxygen atoms in total. The lowest BCUT2D eigenvalue weighted by Crippen LogP contribution is -2.40. The Balaban J connectivity index is 0.000000190. The lowest BCUT2D eigenvalue weighted by atomic mass is 9.91. The molecule has 3 heterocycles. The molecular weight excluding hydrogens is 709 g/mol. The van der Waals surface area contributed by atoms with E-state index in [9.17, 15) is 0 Å². The molecule has 0 bridgehead atoms. The van der Waals surface area contributed by atoms with Gasteiger partial charge >= 0.3 is 0 Å². The summed E-state index contributed by atoms with van der Waals surface area (Å²) in [5, 5.41) is 3.02. The Bertz CT molecular complexity index is 1580. The normalized spacial score (nSPS) is 18.5. The van der Waals surface area contributed by atoms with Gasteiger partial charge in [0.05, 0.1) is 0 Å². The zero-order chi connectivity index (χ0) is 41.2. The van der Waals surface area contributed by atoms with Crippen molar-refractivity contribution in [1.29, 1.82) is 0 Å². The second-order valence-corrected chi connectivity index (χ2v) is 16.4. The molecule has 3 aliphatic rings. The molecule has 318 valence electrons. The number of anilines is 3. The Kier molecular flexibility index (Phi) is 19.8. The van der Waals surface area contributed by atoms with Gasteiger partial charge in [0.15, 0.2) is 0 Å². The van der Waals surface area contributed by atoms with Gasteiger partial charge in [-0.1, -0.05) is 41.5 Å². The summed E-state index contributed by atoms with van der Waals surface area (Å²) in [5.41, 5.74) is 13.3. The van der Waals surface area contributed by atoms with Gasteiger partial charge in [-0.3, -0.25) is 0 Å². The predicted molar refractivity (Wildman–Crippen MR) is 238 cm³/mol. The minimum Gasteiger partial charge on any atom is -0.368 e. The Morgan fingerprint density at radius 1 is 0.544 bits per heavy atom. The summed E-state index contributed by atoms with van der Waals surface area (Å²) in [6.07, 6.45) is 23.5.